The first-order valence-electron chi connectivity index (χ1n) is 7.05. The lowest BCUT2D eigenvalue weighted by atomic mass is 10.1. The highest BCUT2D eigenvalue weighted by Gasteiger charge is 2.16. The van der Waals surface area contributed by atoms with Crippen molar-refractivity contribution < 1.29 is 9.13 Å². The van der Waals surface area contributed by atoms with Crippen molar-refractivity contribution in [3.05, 3.63) is 48.8 Å². The van der Waals surface area contributed by atoms with E-state index in [0.717, 1.165) is 0 Å². The highest BCUT2D eigenvalue weighted by Crippen LogP contribution is 2.14. The van der Waals surface area contributed by atoms with Crippen LogP contribution in [0.1, 0.15) is 20.8 Å². The van der Waals surface area contributed by atoms with Crippen molar-refractivity contribution in [1.29, 1.82) is 0 Å². The number of benzene rings is 1. The summed E-state index contributed by atoms with van der Waals surface area (Å²) in [5, 5.41) is 3.43. The molecule has 1 atom stereocenters. The fraction of sp³-hybridized carbons (Fsp3) is 0.438. The van der Waals surface area contributed by atoms with E-state index in [0.29, 0.717) is 18.8 Å². The summed E-state index contributed by atoms with van der Waals surface area (Å²) < 4.78 is 20.9. The third kappa shape index (κ3) is 5.55. The molecule has 2 rings (SSSR count). The van der Waals surface area contributed by atoms with Crippen LogP contribution in [0.2, 0.25) is 0 Å². The van der Waals surface area contributed by atoms with E-state index in [1.54, 1.807) is 24.7 Å². The zero-order valence-electron chi connectivity index (χ0n) is 12.7. The van der Waals surface area contributed by atoms with E-state index in [-0.39, 0.29) is 17.5 Å². The molecule has 0 aliphatic rings. The normalized spacial score (nSPS) is 13.1. The highest BCUT2D eigenvalue weighted by atomic mass is 19.1. The Bertz CT molecular complexity index is 532. The zero-order valence-corrected chi connectivity index (χ0v) is 12.7. The van der Waals surface area contributed by atoms with Gasteiger partial charge in [-0.05, 0) is 45.0 Å². The summed E-state index contributed by atoms with van der Waals surface area (Å²) >= 11 is 0. The Kier molecular flexibility index (Phi) is 4.96. The van der Waals surface area contributed by atoms with Crippen molar-refractivity contribution in [2.24, 2.45) is 0 Å². The molecule has 2 aromatic rings. The Morgan fingerprint density at radius 2 is 2.00 bits per heavy atom. The quantitative estimate of drug-likeness (QED) is 0.889. The summed E-state index contributed by atoms with van der Waals surface area (Å²) in [6, 6.07) is 6.10. The number of imidazole rings is 1. The number of hydrogen-bond acceptors (Lipinski definition) is 3. The van der Waals surface area contributed by atoms with E-state index in [4.69, 9.17) is 4.74 Å². The summed E-state index contributed by atoms with van der Waals surface area (Å²) in [6.45, 7) is 7.71. The van der Waals surface area contributed by atoms with Crippen molar-refractivity contribution in [3.63, 3.8) is 0 Å². The molecule has 1 N–H and O–H groups in total. The molecule has 1 aromatic carbocycles. The second kappa shape index (κ2) is 6.72. The van der Waals surface area contributed by atoms with Crippen molar-refractivity contribution in [1.82, 2.24) is 14.9 Å². The number of hydrogen-bond donors (Lipinski definition) is 1. The van der Waals surface area contributed by atoms with Crippen molar-refractivity contribution in [2.75, 3.05) is 6.54 Å². The van der Waals surface area contributed by atoms with Crippen molar-refractivity contribution in [3.8, 4) is 5.75 Å². The minimum absolute atomic E-state index is 0.0132. The number of nitrogens with one attached hydrogen (secondary N) is 1. The summed E-state index contributed by atoms with van der Waals surface area (Å²) in [7, 11) is 0. The van der Waals surface area contributed by atoms with Crippen LogP contribution in [0.25, 0.3) is 0 Å². The summed E-state index contributed by atoms with van der Waals surface area (Å²) in [6.07, 6.45) is 5.34. The SMILES string of the molecule is CC(C)(C)NCC(Cn1ccnc1)Oc1ccc(F)cc1. The van der Waals surface area contributed by atoms with Gasteiger partial charge in [-0.2, -0.15) is 0 Å². The van der Waals surface area contributed by atoms with E-state index in [1.165, 1.54) is 12.1 Å². The average molecular weight is 291 g/mol. The molecule has 0 saturated heterocycles. The van der Waals surface area contributed by atoms with Gasteiger partial charge in [0.1, 0.15) is 17.7 Å². The van der Waals surface area contributed by atoms with Crippen molar-refractivity contribution in [2.45, 2.75) is 39.0 Å². The molecule has 0 saturated carbocycles. The molecule has 0 aliphatic carbocycles. The van der Waals surface area contributed by atoms with Gasteiger partial charge in [0.2, 0.25) is 0 Å². The van der Waals surface area contributed by atoms with Gasteiger partial charge < -0.3 is 14.6 Å². The molecule has 4 nitrogen and oxygen atoms in total. The molecular formula is C16H22FN3O. The maximum Gasteiger partial charge on any atom is 0.129 e. The van der Waals surface area contributed by atoms with Gasteiger partial charge in [-0.1, -0.05) is 0 Å². The smallest absolute Gasteiger partial charge is 0.129 e. The molecule has 5 heteroatoms. The van der Waals surface area contributed by atoms with E-state index < -0.39 is 0 Å². The largest absolute Gasteiger partial charge is 0.487 e. The Balaban J connectivity index is 2.01. The van der Waals surface area contributed by atoms with Gasteiger partial charge in [-0.3, -0.25) is 0 Å². The molecule has 0 amide bonds. The molecular weight excluding hydrogens is 269 g/mol. The lowest BCUT2D eigenvalue weighted by Gasteiger charge is -2.26. The van der Waals surface area contributed by atoms with Gasteiger partial charge in [0.15, 0.2) is 0 Å². The number of halogens is 1. The summed E-state index contributed by atoms with van der Waals surface area (Å²) in [4.78, 5) is 4.04. The van der Waals surface area contributed by atoms with Crippen molar-refractivity contribution >= 4 is 0 Å². The lowest BCUT2D eigenvalue weighted by Crippen LogP contribution is -2.44. The first kappa shape index (κ1) is 15.5. The second-order valence-corrected chi connectivity index (χ2v) is 6.08. The first-order valence-corrected chi connectivity index (χ1v) is 7.05. The maximum absolute atomic E-state index is 13.0. The van der Waals surface area contributed by atoms with Gasteiger partial charge in [0.05, 0.1) is 12.9 Å². The number of rotatable bonds is 6. The van der Waals surface area contributed by atoms with Crippen LogP contribution in [0.4, 0.5) is 4.39 Å². The molecule has 0 spiro atoms. The monoisotopic (exact) mass is 291 g/mol. The molecule has 1 aromatic heterocycles. The minimum Gasteiger partial charge on any atom is -0.487 e. The van der Waals surface area contributed by atoms with Gasteiger partial charge >= 0.3 is 0 Å². The van der Waals surface area contributed by atoms with Gasteiger partial charge in [0.25, 0.3) is 0 Å². The Hall–Kier alpha value is -1.88. The van der Waals surface area contributed by atoms with Crippen LogP contribution in [0.5, 0.6) is 5.75 Å². The highest BCUT2D eigenvalue weighted by molar-refractivity contribution is 5.22. The average Bonchev–Trinajstić information content (AvgIpc) is 2.91. The van der Waals surface area contributed by atoms with Gasteiger partial charge in [-0.15, -0.1) is 0 Å². The zero-order chi connectivity index (χ0) is 15.3. The maximum atomic E-state index is 13.0. The molecule has 0 aliphatic heterocycles. The standard InChI is InChI=1S/C16H22FN3O/c1-16(2,3)19-10-15(11-20-9-8-18-12-20)21-14-6-4-13(17)5-7-14/h4-9,12,15,19H,10-11H2,1-3H3. The van der Waals surface area contributed by atoms with Gasteiger partial charge in [0, 0.05) is 24.5 Å². The third-order valence-electron chi connectivity index (χ3n) is 2.95. The molecule has 0 radical (unpaired) electrons. The number of aromatic nitrogens is 2. The third-order valence-corrected chi connectivity index (χ3v) is 2.95. The fourth-order valence-corrected chi connectivity index (χ4v) is 1.90. The van der Waals surface area contributed by atoms with Crippen LogP contribution in [-0.2, 0) is 6.54 Å². The molecule has 1 heterocycles. The van der Waals surface area contributed by atoms with E-state index in [9.17, 15) is 4.39 Å². The van der Waals surface area contributed by atoms with Gasteiger partial charge in [-0.25, -0.2) is 9.37 Å². The second-order valence-electron chi connectivity index (χ2n) is 6.08. The Morgan fingerprint density at radius 1 is 1.29 bits per heavy atom. The predicted molar refractivity (Wildman–Crippen MR) is 80.8 cm³/mol. The van der Waals surface area contributed by atoms with Crippen LogP contribution < -0.4 is 10.1 Å². The van der Waals surface area contributed by atoms with E-state index in [2.05, 4.69) is 31.1 Å². The molecule has 0 fully saturated rings. The number of nitrogens with zero attached hydrogens (tertiary/aromatic N) is 2. The first-order chi connectivity index (χ1) is 9.92. The fourth-order valence-electron chi connectivity index (χ4n) is 1.90. The lowest BCUT2D eigenvalue weighted by molar-refractivity contribution is 0.166. The Labute approximate surface area is 125 Å². The molecule has 21 heavy (non-hydrogen) atoms. The van der Waals surface area contributed by atoms with E-state index in [1.807, 2.05) is 10.8 Å². The number of ether oxygens (including phenoxy) is 1. The molecule has 114 valence electrons. The van der Waals surface area contributed by atoms with E-state index >= 15 is 0 Å². The van der Waals surface area contributed by atoms with Crippen LogP contribution in [0, 0.1) is 5.82 Å². The summed E-state index contributed by atoms with van der Waals surface area (Å²) in [5.41, 5.74) is 0.0132. The van der Waals surface area contributed by atoms with Crippen LogP contribution >= 0.6 is 0 Å². The van der Waals surface area contributed by atoms with Crippen LogP contribution in [0.15, 0.2) is 43.0 Å². The predicted octanol–water partition coefficient (Wildman–Crippen LogP) is 2.86. The Morgan fingerprint density at radius 3 is 2.57 bits per heavy atom. The van der Waals surface area contributed by atoms with Crippen LogP contribution in [-0.4, -0.2) is 27.7 Å². The summed E-state index contributed by atoms with van der Waals surface area (Å²) in [5.74, 6) is 0.401. The minimum atomic E-state index is -0.263. The topological polar surface area (TPSA) is 39.1 Å². The van der Waals surface area contributed by atoms with Crippen LogP contribution in [0.3, 0.4) is 0 Å². The molecule has 0 bridgehead atoms. The molecule has 1 unspecified atom stereocenters.